The van der Waals surface area contributed by atoms with E-state index in [1.54, 1.807) is 24.3 Å². The van der Waals surface area contributed by atoms with E-state index in [-0.39, 0.29) is 16.9 Å². The zero-order valence-electron chi connectivity index (χ0n) is 13.8. The van der Waals surface area contributed by atoms with E-state index < -0.39 is 17.5 Å². The van der Waals surface area contributed by atoms with Crippen molar-refractivity contribution in [2.24, 2.45) is 5.10 Å². The van der Waals surface area contributed by atoms with Gasteiger partial charge in [-0.15, -0.1) is 0 Å². The molecular formula is C20H13ClF2N2O2. The predicted octanol–water partition coefficient (Wildman–Crippen LogP) is 4.75. The Hall–Kier alpha value is -3.25. The van der Waals surface area contributed by atoms with Crippen LogP contribution in [0.1, 0.15) is 15.9 Å². The fraction of sp³-hybridized carbons (Fsp3) is 0. The summed E-state index contributed by atoms with van der Waals surface area (Å²) in [6.45, 7) is 0. The lowest BCUT2D eigenvalue weighted by molar-refractivity contribution is 0.0952. The van der Waals surface area contributed by atoms with E-state index in [2.05, 4.69) is 10.5 Å². The average molecular weight is 387 g/mol. The monoisotopic (exact) mass is 386 g/mol. The molecule has 0 heterocycles. The number of aromatic hydroxyl groups is 1. The van der Waals surface area contributed by atoms with Crippen molar-refractivity contribution in [1.82, 2.24) is 5.43 Å². The van der Waals surface area contributed by atoms with E-state index in [0.717, 1.165) is 12.1 Å². The minimum absolute atomic E-state index is 0.102. The zero-order valence-corrected chi connectivity index (χ0v) is 14.5. The van der Waals surface area contributed by atoms with Gasteiger partial charge in [0.2, 0.25) is 0 Å². The average Bonchev–Trinajstić information content (AvgIpc) is 2.64. The highest BCUT2D eigenvalue weighted by molar-refractivity contribution is 6.33. The molecule has 0 radical (unpaired) electrons. The molecule has 0 aliphatic carbocycles. The highest BCUT2D eigenvalue weighted by atomic mass is 35.5. The van der Waals surface area contributed by atoms with Gasteiger partial charge in [0.25, 0.3) is 5.91 Å². The third kappa shape index (κ3) is 4.30. The van der Waals surface area contributed by atoms with Gasteiger partial charge in [0.1, 0.15) is 17.4 Å². The van der Waals surface area contributed by atoms with Crippen LogP contribution < -0.4 is 5.43 Å². The summed E-state index contributed by atoms with van der Waals surface area (Å²) >= 11 is 5.99. The van der Waals surface area contributed by atoms with Gasteiger partial charge >= 0.3 is 0 Å². The maximum Gasteiger partial charge on any atom is 0.275 e. The summed E-state index contributed by atoms with van der Waals surface area (Å²) in [5.41, 5.74) is 3.19. The number of hydrogen-bond acceptors (Lipinski definition) is 3. The first kappa shape index (κ1) is 18.5. The van der Waals surface area contributed by atoms with Gasteiger partial charge in [-0.05, 0) is 35.9 Å². The van der Waals surface area contributed by atoms with Gasteiger partial charge in [0, 0.05) is 22.2 Å². The summed E-state index contributed by atoms with van der Waals surface area (Å²) in [4.78, 5) is 12.3. The first-order valence-electron chi connectivity index (χ1n) is 7.82. The highest BCUT2D eigenvalue weighted by Crippen LogP contribution is 2.28. The zero-order chi connectivity index (χ0) is 19.4. The molecule has 0 fully saturated rings. The second-order valence-electron chi connectivity index (χ2n) is 5.58. The van der Waals surface area contributed by atoms with Crippen molar-refractivity contribution in [3.63, 3.8) is 0 Å². The van der Waals surface area contributed by atoms with Gasteiger partial charge in [0.05, 0.1) is 11.8 Å². The van der Waals surface area contributed by atoms with E-state index in [4.69, 9.17) is 11.6 Å². The molecule has 3 aromatic carbocycles. The molecule has 0 saturated carbocycles. The summed E-state index contributed by atoms with van der Waals surface area (Å²) in [5, 5.41) is 14.2. The van der Waals surface area contributed by atoms with E-state index in [1.165, 1.54) is 30.5 Å². The Balaban J connectivity index is 1.83. The Morgan fingerprint density at radius 1 is 1.07 bits per heavy atom. The number of halogens is 3. The van der Waals surface area contributed by atoms with E-state index in [1.807, 2.05) is 0 Å². The Morgan fingerprint density at radius 2 is 1.85 bits per heavy atom. The summed E-state index contributed by atoms with van der Waals surface area (Å²) < 4.78 is 27.0. The SMILES string of the molecule is O=C(NN=Cc1ccccc1Cl)c1cc(-c2ccc(F)cc2F)ccc1O. The molecular weight excluding hydrogens is 374 g/mol. The predicted molar refractivity (Wildman–Crippen MR) is 100.0 cm³/mol. The van der Waals surface area contributed by atoms with Crippen LogP contribution in [0.15, 0.2) is 65.8 Å². The smallest absolute Gasteiger partial charge is 0.275 e. The molecule has 4 nitrogen and oxygen atoms in total. The molecule has 0 spiro atoms. The number of nitrogens with zero attached hydrogens (tertiary/aromatic N) is 1. The van der Waals surface area contributed by atoms with Crippen molar-refractivity contribution in [2.75, 3.05) is 0 Å². The molecule has 0 unspecified atom stereocenters. The molecule has 0 bridgehead atoms. The maximum absolute atomic E-state index is 14.0. The lowest BCUT2D eigenvalue weighted by atomic mass is 10.0. The summed E-state index contributed by atoms with van der Waals surface area (Å²) in [5.74, 6) is -2.47. The van der Waals surface area contributed by atoms with Crippen LogP contribution in [-0.2, 0) is 0 Å². The minimum atomic E-state index is -0.774. The van der Waals surface area contributed by atoms with Gasteiger partial charge < -0.3 is 5.11 Å². The van der Waals surface area contributed by atoms with Gasteiger partial charge in [-0.25, -0.2) is 14.2 Å². The van der Waals surface area contributed by atoms with Crippen molar-refractivity contribution in [3.8, 4) is 16.9 Å². The number of rotatable bonds is 4. The van der Waals surface area contributed by atoms with Gasteiger partial charge in [-0.1, -0.05) is 35.9 Å². The summed E-state index contributed by atoms with van der Waals surface area (Å²) in [6.07, 6.45) is 1.36. The van der Waals surface area contributed by atoms with Gasteiger partial charge in [0.15, 0.2) is 0 Å². The van der Waals surface area contributed by atoms with Crippen LogP contribution in [-0.4, -0.2) is 17.2 Å². The lowest BCUT2D eigenvalue weighted by Gasteiger charge is -2.08. The van der Waals surface area contributed by atoms with Crippen LogP contribution in [0, 0.1) is 11.6 Å². The molecule has 136 valence electrons. The highest BCUT2D eigenvalue weighted by Gasteiger charge is 2.14. The topological polar surface area (TPSA) is 61.7 Å². The number of phenolic OH excluding ortho intramolecular Hbond substituents is 1. The Bertz CT molecular complexity index is 1040. The summed E-state index contributed by atoms with van der Waals surface area (Å²) in [7, 11) is 0. The molecule has 3 rings (SSSR count). The van der Waals surface area contributed by atoms with Crippen LogP contribution in [0.3, 0.4) is 0 Å². The van der Waals surface area contributed by atoms with Crippen molar-refractivity contribution in [3.05, 3.63) is 88.4 Å². The number of amides is 1. The number of carbonyl (C=O) groups excluding carboxylic acids is 1. The molecule has 0 aliphatic rings. The third-order valence-corrected chi connectivity index (χ3v) is 4.10. The van der Waals surface area contributed by atoms with Crippen LogP contribution >= 0.6 is 11.6 Å². The van der Waals surface area contributed by atoms with Crippen molar-refractivity contribution in [2.45, 2.75) is 0 Å². The normalized spacial score (nSPS) is 10.9. The van der Waals surface area contributed by atoms with Crippen LogP contribution in [0.4, 0.5) is 8.78 Å². The largest absolute Gasteiger partial charge is 0.507 e. The number of phenols is 1. The Labute approximate surface area is 158 Å². The molecule has 0 atom stereocenters. The molecule has 2 N–H and O–H groups in total. The van der Waals surface area contributed by atoms with Crippen molar-refractivity contribution >= 4 is 23.7 Å². The quantitative estimate of drug-likeness (QED) is 0.502. The van der Waals surface area contributed by atoms with Gasteiger partial charge in [-0.3, -0.25) is 4.79 Å². The summed E-state index contributed by atoms with van der Waals surface area (Å²) in [6, 6.07) is 14.0. The van der Waals surface area contributed by atoms with Crippen LogP contribution in [0.25, 0.3) is 11.1 Å². The first-order chi connectivity index (χ1) is 13.0. The molecule has 1 amide bonds. The fourth-order valence-electron chi connectivity index (χ4n) is 2.41. The first-order valence-corrected chi connectivity index (χ1v) is 8.20. The molecule has 0 saturated heterocycles. The molecule has 7 heteroatoms. The second kappa shape index (κ2) is 7.97. The number of nitrogens with one attached hydrogen (secondary N) is 1. The van der Waals surface area contributed by atoms with E-state index in [0.29, 0.717) is 16.1 Å². The Morgan fingerprint density at radius 3 is 2.59 bits per heavy atom. The lowest BCUT2D eigenvalue weighted by Crippen LogP contribution is -2.17. The third-order valence-electron chi connectivity index (χ3n) is 3.76. The van der Waals surface area contributed by atoms with Gasteiger partial charge in [-0.2, -0.15) is 5.10 Å². The second-order valence-corrected chi connectivity index (χ2v) is 5.98. The number of hydrogen-bond donors (Lipinski definition) is 2. The van der Waals surface area contributed by atoms with Crippen molar-refractivity contribution in [1.29, 1.82) is 0 Å². The molecule has 0 aromatic heterocycles. The maximum atomic E-state index is 14.0. The Kier molecular flexibility index (Phi) is 5.47. The molecule has 27 heavy (non-hydrogen) atoms. The number of hydrazone groups is 1. The number of benzene rings is 3. The number of carbonyl (C=O) groups is 1. The van der Waals surface area contributed by atoms with E-state index in [9.17, 15) is 18.7 Å². The molecule has 0 aliphatic heterocycles. The van der Waals surface area contributed by atoms with Crippen molar-refractivity contribution < 1.29 is 18.7 Å². The fourth-order valence-corrected chi connectivity index (χ4v) is 2.59. The van der Waals surface area contributed by atoms with Crippen LogP contribution in [0.5, 0.6) is 5.75 Å². The molecule has 3 aromatic rings. The van der Waals surface area contributed by atoms with E-state index >= 15 is 0 Å². The van der Waals surface area contributed by atoms with Crippen LogP contribution in [0.2, 0.25) is 5.02 Å². The minimum Gasteiger partial charge on any atom is -0.507 e. The standard InChI is InChI=1S/C20H13ClF2N2O2/c21-17-4-2-1-3-13(17)11-24-25-20(27)16-9-12(5-8-19(16)26)15-7-6-14(22)10-18(15)23/h1-11,26H,(H,25,27).